The van der Waals surface area contributed by atoms with Crippen LogP contribution >= 0.6 is 20.8 Å². The van der Waals surface area contributed by atoms with E-state index in [0.29, 0.717) is 18.5 Å². The third-order valence-electron chi connectivity index (χ3n) is 5.67. The molecule has 5 heteroatoms. The molecule has 0 aliphatic carbocycles. The van der Waals surface area contributed by atoms with Gasteiger partial charge in [-0.1, -0.05) is 0 Å². The van der Waals surface area contributed by atoms with Gasteiger partial charge >= 0.3 is 194 Å². The molecule has 3 nitrogen and oxygen atoms in total. The topological polar surface area (TPSA) is 52.3 Å². The molecule has 0 aliphatic heterocycles. The van der Waals surface area contributed by atoms with Crippen molar-refractivity contribution >= 4 is 42.7 Å². The van der Waals surface area contributed by atoms with E-state index in [4.69, 9.17) is 10.5 Å². The normalized spacial score (nSPS) is 13.9. The quantitative estimate of drug-likeness (QED) is 0.341. The first-order valence-corrected chi connectivity index (χ1v) is 15.1. The molecule has 0 aromatic heterocycles. The zero-order valence-corrected chi connectivity index (χ0v) is 20.6. The van der Waals surface area contributed by atoms with Gasteiger partial charge in [-0.3, -0.25) is 0 Å². The summed E-state index contributed by atoms with van der Waals surface area (Å²) < 4.78 is 5.73. The minimum atomic E-state index is -3.08. The van der Waals surface area contributed by atoms with Crippen molar-refractivity contribution in [3.63, 3.8) is 0 Å². The van der Waals surface area contributed by atoms with Crippen molar-refractivity contribution in [2.75, 3.05) is 12.8 Å². The van der Waals surface area contributed by atoms with Gasteiger partial charge in [0, 0.05) is 0 Å². The molecule has 0 spiro atoms. The molecule has 0 unspecified atom stereocenters. The third kappa shape index (κ3) is 4.92. The van der Waals surface area contributed by atoms with E-state index >= 15 is 0 Å². The van der Waals surface area contributed by atoms with Gasteiger partial charge in [0.15, 0.2) is 0 Å². The fraction of sp³-hybridized carbons (Fsp3) is 0.269. The summed E-state index contributed by atoms with van der Waals surface area (Å²) >= 11 is 4.35. The van der Waals surface area contributed by atoms with Crippen molar-refractivity contribution in [3.05, 3.63) is 91.0 Å². The average Bonchev–Trinajstić information content (AvgIpc) is 2.80. The van der Waals surface area contributed by atoms with E-state index in [0.717, 1.165) is 0 Å². The molecule has 0 amide bonds. The van der Waals surface area contributed by atoms with Gasteiger partial charge in [0.25, 0.3) is 0 Å². The molecular formula is C26H31BrNO2P. The van der Waals surface area contributed by atoms with Gasteiger partial charge in [0.2, 0.25) is 0 Å². The standard InChI is InChI=1S/C26H31BrNO2P/c1-21(2)20-25(28)26(29)30-18-19-31(27,22-12-6-3-7-13-22,23-14-8-4-9-15-23)24-16-10-5-11-17-24/h3-17,21,25H,18-20,28H2,1-2H3/t25-/m0/s1. The van der Waals surface area contributed by atoms with E-state index in [1.165, 1.54) is 15.9 Å². The average molecular weight is 500 g/mol. The number of hydrogen-bond acceptors (Lipinski definition) is 3. The molecule has 3 rings (SSSR count). The molecule has 3 aromatic carbocycles. The van der Waals surface area contributed by atoms with Crippen LogP contribution in [0.3, 0.4) is 0 Å². The number of halogens is 1. The predicted octanol–water partition coefficient (Wildman–Crippen LogP) is 4.74. The summed E-state index contributed by atoms with van der Waals surface area (Å²) in [5.74, 6) is 0.0105. The van der Waals surface area contributed by atoms with Gasteiger partial charge in [-0.25, -0.2) is 0 Å². The van der Waals surface area contributed by atoms with Crippen LogP contribution in [0.5, 0.6) is 0 Å². The Kier molecular flexibility index (Phi) is 7.69. The molecule has 31 heavy (non-hydrogen) atoms. The summed E-state index contributed by atoms with van der Waals surface area (Å²) in [4.78, 5) is 12.5. The van der Waals surface area contributed by atoms with Crippen molar-refractivity contribution in [3.8, 4) is 0 Å². The maximum atomic E-state index is 12.5. The van der Waals surface area contributed by atoms with Crippen LogP contribution in [0.15, 0.2) is 91.0 Å². The first-order chi connectivity index (χ1) is 14.9. The van der Waals surface area contributed by atoms with E-state index < -0.39 is 11.3 Å². The SMILES string of the molecule is CC(C)C[C@H](N)C(=O)OCCP(Br)(c1ccccc1)(c1ccccc1)c1ccccc1. The number of rotatable bonds is 9. The van der Waals surface area contributed by atoms with Crippen LogP contribution in [0, 0.1) is 5.92 Å². The summed E-state index contributed by atoms with van der Waals surface area (Å²) in [5.41, 5.74) is 6.06. The molecule has 0 radical (unpaired) electrons. The van der Waals surface area contributed by atoms with Gasteiger partial charge in [0.1, 0.15) is 0 Å². The molecule has 0 aliphatic rings. The van der Waals surface area contributed by atoms with Crippen molar-refractivity contribution in [1.82, 2.24) is 0 Å². The van der Waals surface area contributed by atoms with Crippen LogP contribution < -0.4 is 21.6 Å². The third-order valence-corrected chi connectivity index (χ3v) is 15.6. The van der Waals surface area contributed by atoms with E-state index in [2.05, 4.69) is 102 Å². The maximum absolute atomic E-state index is 12.5. The Morgan fingerprint density at radius 2 is 1.23 bits per heavy atom. The van der Waals surface area contributed by atoms with Crippen molar-refractivity contribution in [2.45, 2.75) is 26.3 Å². The van der Waals surface area contributed by atoms with Crippen LogP contribution in [0.25, 0.3) is 0 Å². The number of benzene rings is 3. The van der Waals surface area contributed by atoms with Crippen LogP contribution in [0.4, 0.5) is 0 Å². The second-order valence-corrected chi connectivity index (χ2v) is 17.4. The van der Waals surface area contributed by atoms with Crippen LogP contribution in [-0.2, 0) is 9.53 Å². The van der Waals surface area contributed by atoms with E-state index in [1.807, 2.05) is 18.2 Å². The second kappa shape index (κ2) is 10.1. The predicted molar refractivity (Wildman–Crippen MR) is 137 cm³/mol. The Hall–Kier alpha value is -2.00. The Labute approximate surface area is 193 Å². The zero-order valence-electron chi connectivity index (χ0n) is 18.2. The van der Waals surface area contributed by atoms with E-state index in [9.17, 15) is 4.79 Å². The molecule has 0 fully saturated rings. The molecule has 0 bridgehead atoms. The van der Waals surface area contributed by atoms with Gasteiger partial charge in [-0.15, -0.1) is 0 Å². The van der Waals surface area contributed by atoms with Crippen LogP contribution in [0.1, 0.15) is 20.3 Å². The summed E-state index contributed by atoms with van der Waals surface area (Å²) in [6.45, 7) is 4.39. The van der Waals surface area contributed by atoms with E-state index in [-0.39, 0.29) is 12.6 Å². The van der Waals surface area contributed by atoms with Gasteiger partial charge < -0.3 is 0 Å². The Balaban J connectivity index is 2.06. The molecule has 0 saturated heterocycles. The molecule has 0 heterocycles. The number of ether oxygens (including phenoxy) is 1. The first kappa shape index (κ1) is 23.7. The second-order valence-electron chi connectivity index (χ2n) is 8.32. The van der Waals surface area contributed by atoms with Crippen LogP contribution in [-0.4, -0.2) is 24.8 Å². The molecule has 1 atom stereocenters. The number of carbonyl (C=O) groups is 1. The molecule has 2 N–H and O–H groups in total. The molecule has 164 valence electrons. The fourth-order valence-electron chi connectivity index (χ4n) is 4.08. The number of carbonyl (C=O) groups excluding carboxylic acids is 1. The van der Waals surface area contributed by atoms with Crippen molar-refractivity contribution in [1.29, 1.82) is 0 Å². The Morgan fingerprint density at radius 3 is 1.58 bits per heavy atom. The molecule has 3 aromatic rings. The van der Waals surface area contributed by atoms with Gasteiger partial charge in [0.05, 0.1) is 0 Å². The number of hydrogen-bond donors (Lipinski definition) is 1. The van der Waals surface area contributed by atoms with Crippen LogP contribution in [0.2, 0.25) is 0 Å². The van der Waals surface area contributed by atoms with E-state index in [1.54, 1.807) is 0 Å². The monoisotopic (exact) mass is 499 g/mol. The first-order valence-electron chi connectivity index (χ1n) is 10.7. The molecule has 0 saturated carbocycles. The Morgan fingerprint density at radius 1 is 0.839 bits per heavy atom. The molecular weight excluding hydrogens is 469 g/mol. The number of nitrogens with two attached hydrogens (primary N) is 1. The van der Waals surface area contributed by atoms with Crippen molar-refractivity contribution in [2.24, 2.45) is 11.7 Å². The summed E-state index contributed by atoms with van der Waals surface area (Å²) in [7, 11) is 0. The summed E-state index contributed by atoms with van der Waals surface area (Å²) in [6.07, 6.45) is 1.26. The Bertz CT molecular complexity index is 881. The van der Waals surface area contributed by atoms with Gasteiger partial charge in [-0.2, -0.15) is 0 Å². The fourth-order valence-corrected chi connectivity index (χ4v) is 11.1. The van der Waals surface area contributed by atoms with Gasteiger partial charge in [-0.05, 0) is 0 Å². The summed E-state index contributed by atoms with van der Waals surface area (Å²) in [6, 6.07) is 30.9. The zero-order chi connectivity index (χ0) is 22.3. The summed E-state index contributed by atoms with van der Waals surface area (Å²) in [5, 5.41) is 0.529. The minimum absolute atomic E-state index is 0.284. The van der Waals surface area contributed by atoms with Crippen molar-refractivity contribution < 1.29 is 9.53 Å². The number of esters is 1.